The number of aliphatic hydroxyl groups is 1. The van der Waals surface area contributed by atoms with E-state index in [0.29, 0.717) is 22.6 Å². The van der Waals surface area contributed by atoms with E-state index in [0.717, 1.165) is 24.3 Å². The summed E-state index contributed by atoms with van der Waals surface area (Å²) in [6.45, 7) is 9.67. The molecule has 26 heavy (non-hydrogen) atoms. The lowest BCUT2D eigenvalue weighted by Crippen LogP contribution is -2.40. The molecule has 0 saturated carbocycles. The topological polar surface area (TPSA) is 57.6 Å². The highest BCUT2D eigenvalue weighted by Crippen LogP contribution is 2.42. The fourth-order valence-corrected chi connectivity index (χ4v) is 3.66. The van der Waals surface area contributed by atoms with Gasteiger partial charge < -0.3 is 10.0 Å². The van der Waals surface area contributed by atoms with E-state index in [1.807, 2.05) is 26.0 Å². The number of fused-ring (bicyclic) bond motifs is 1. The van der Waals surface area contributed by atoms with Gasteiger partial charge in [0.15, 0.2) is 0 Å². The molecule has 2 aromatic rings. The molecule has 4 heteroatoms. The van der Waals surface area contributed by atoms with Crippen molar-refractivity contribution in [2.45, 2.75) is 39.2 Å². The molecule has 0 atom stereocenters. The van der Waals surface area contributed by atoms with E-state index in [1.54, 1.807) is 30.3 Å². The smallest absolute Gasteiger partial charge is 0.218 e. The lowest BCUT2D eigenvalue weighted by Gasteiger charge is -2.30. The summed E-state index contributed by atoms with van der Waals surface area (Å²) < 4.78 is 0. The summed E-state index contributed by atoms with van der Waals surface area (Å²) in [4.78, 5) is 28.1. The molecule has 1 aliphatic carbocycles. The molecule has 0 bridgehead atoms. The number of carbonyl (C=O) groups excluding carboxylic acids is 2. The van der Waals surface area contributed by atoms with E-state index in [4.69, 9.17) is 0 Å². The molecule has 0 radical (unpaired) electrons. The summed E-state index contributed by atoms with van der Waals surface area (Å²) in [5.74, 6) is -0.771. The van der Waals surface area contributed by atoms with Crippen molar-refractivity contribution < 1.29 is 14.7 Å². The van der Waals surface area contributed by atoms with Crippen LogP contribution in [0, 0.1) is 0 Å². The highest BCUT2D eigenvalue weighted by Gasteiger charge is 2.54. The van der Waals surface area contributed by atoms with Crippen molar-refractivity contribution in [3.05, 3.63) is 64.7 Å². The highest BCUT2D eigenvalue weighted by atomic mass is 16.3. The number of ketones is 2. The van der Waals surface area contributed by atoms with Crippen molar-refractivity contribution in [3.63, 3.8) is 0 Å². The van der Waals surface area contributed by atoms with Crippen LogP contribution in [0.3, 0.4) is 0 Å². The first kappa shape index (κ1) is 18.3. The predicted octanol–water partition coefficient (Wildman–Crippen LogP) is 3.92. The third-order valence-electron chi connectivity index (χ3n) is 5.26. The molecule has 0 aromatic heterocycles. The van der Waals surface area contributed by atoms with Gasteiger partial charge in [-0.2, -0.15) is 0 Å². The maximum Gasteiger partial charge on any atom is 0.218 e. The quantitative estimate of drug-likeness (QED) is 0.830. The van der Waals surface area contributed by atoms with Crippen LogP contribution in [-0.4, -0.2) is 29.8 Å². The number of carbonyl (C=O) groups is 2. The van der Waals surface area contributed by atoms with Crippen LogP contribution in [0.4, 0.5) is 5.69 Å². The van der Waals surface area contributed by atoms with Gasteiger partial charge in [-0.3, -0.25) is 9.59 Å². The zero-order valence-electron chi connectivity index (χ0n) is 15.7. The van der Waals surface area contributed by atoms with E-state index < -0.39 is 17.2 Å². The summed E-state index contributed by atoms with van der Waals surface area (Å²) in [5.41, 5.74) is 0.651. The van der Waals surface area contributed by atoms with Crippen LogP contribution in [0.15, 0.2) is 42.5 Å². The van der Waals surface area contributed by atoms with Gasteiger partial charge in [0.25, 0.3) is 0 Å². The monoisotopic (exact) mass is 351 g/mol. The van der Waals surface area contributed by atoms with E-state index in [-0.39, 0.29) is 0 Å². The Morgan fingerprint density at radius 3 is 1.96 bits per heavy atom. The first-order valence-corrected chi connectivity index (χ1v) is 9.16. The van der Waals surface area contributed by atoms with Crippen LogP contribution in [-0.2, 0) is 5.60 Å². The SMILES string of the molecule is CCN(CC)c1cc(C(C)C)ccc1C1(O)C(=O)c2ccccc2C1=O. The Bertz CT molecular complexity index is 830. The van der Waals surface area contributed by atoms with Crippen molar-refractivity contribution in [1.29, 1.82) is 0 Å². The zero-order chi connectivity index (χ0) is 19.1. The first-order chi connectivity index (χ1) is 12.4. The molecule has 0 amide bonds. The average Bonchev–Trinajstić information content (AvgIpc) is 2.85. The van der Waals surface area contributed by atoms with Gasteiger partial charge in [0, 0.05) is 35.5 Å². The number of hydrogen-bond donors (Lipinski definition) is 1. The largest absolute Gasteiger partial charge is 0.372 e. The Labute approximate surface area is 154 Å². The maximum absolute atomic E-state index is 13.0. The minimum Gasteiger partial charge on any atom is -0.372 e. The van der Waals surface area contributed by atoms with E-state index in [2.05, 4.69) is 18.7 Å². The van der Waals surface area contributed by atoms with Gasteiger partial charge in [-0.1, -0.05) is 50.2 Å². The molecule has 0 saturated heterocycles. The Hall–Kier alpha value is -2.46. The number of Topliss-reactive ketones (excluding diaryl/α,β-unsaturated/α-hetero) is 2. The summed E-state index contributed by atoms with van der Waals surface area (Å²) in [7, 11) is 0. The van der Waals surface area contributed by atoms with Crippen LogP contribution in [0.1, 0.15) is 65.5 Å². The van der Waals surface area contributed by atoms with Crippen LogP contribution in [0.5, 0.6) is 0 Å². The molecule has 0 fully saturated rings. The first-order valence-electron chi connectivity index (χ1n) is 9.16. The Morgan fingerprint density at radius 2 is 1.50 bits per heavy atom. The van der Waals surface area contributed by atoms with Gasteiger partial charge in [0.05, 0.1) is 0 Å². The molecular formula is C22H25NO3. The molecule has 4 nitrogen and oxygen atoms in total. The van der Waals surface area contributed by atoms with E-state index in [9.17, 15) is 14.7 Å². The van der Waals surface area contributed by atoms with Gasteiger partial charge in [-0.25, -0.2) is 0 Å². The minimum absolute atomic E-state index is 0.290. The van der Waals surface area contributed by atoms with Crippen molar-refractivity contribution in [3.8, 4) is 0 Å². The molecule has 136 valence electrons. The summed E-state index contributed by atoms with van der Waals surface area (Å²) >= 11 is 0. The van der Waals surface area contributed by atoms with Crippen molar-refractivity contribution >= 4 is 17.3 Å². The predicted molar refractivity (Wildman–Crippen MR) is 103 cm³/mol. The molecular weight excluding hydrogens is 326 g/mol. The summed E-state index contributed by atoms with van der Waals surface area (Å²) in [6.07, 6.45) is 0. The lowest BCUT2D eigenvalue weighted by atomic mass is 9.85. The Morgan fingerprint density at radius 1 is 0.962 bits per heavy atom. The van der Waals surface area contributed by atoms with Crippen molar-refractivity contribution in [2.75, 3.05) is 18.0 Å². The van der Waals surface area contributed by atoms with E-state index in [1.165, 1.54) is 0 Å². The number of rotatable bonds is 5. The summed E-state index contributed by atoms with van der Waals surface area (Å²) in [5, 5.41) is 11.3. The second-order valence-corrected chi connectivity index (χ2v) is 7.02. The van der Waals surface area contributed by atoms with Crippen molar-refractivity contribution in [1.82, 2.24) is 0 Å². The fourth-order valence-electron chi connectivity index (χ4n) is 3.66. The number of anilines is 1. The Balaban J connectivity index is 2.23. The lowest BCUT2D eigenvalue weighted by molar-refractivity contribution is 0.0322. The average molecular weight is 351 g/mol. The summed E-state index contributed by atoms with van der Waals surface area (Å²) in [6, 6.07) is 12.3. The minimum atomic E-state index is -2.16. The van der Waals surface area contributed by atoms with Gasteiger partial charge in [0.2, 0.25) is 17.2 Å². The molecule has 0 aliphatic heterocycles. The normalized spacial score (nSPS) is 15.5. The van der Waals surface area contributed by atoms with Crippen LogP contribution in [0.2, 0.25) is 0 Å². The second kappa shape index (κ2) is 6.69. The maximum atomic E-state index is 13.0. The molecule has 0 unspecified atom stereocenters. The molecule has 1 aliphatic rings. The van der Waals surface area contributed by atoms with Gasteiger partial charge in [0.1, 0.15) is 0 Å². The van der Waals surface area contributed by atoms with Gasteiger partial charge >= 0.3 is 0 Å². The molecule has 3 rings (SSSR count). The second-order valence-electron chi connectivity index (χ2n) is 7.02. The number of nitrogens with zero attached hydrogens (tertiary/aromatic N) is 1. The third kappa shape index (κ3) is 2.56. The number of benzene rings is 2. The fraction of sp³-hybridized carbons (Fsp3) is 0.364. The molecule has 1 N–H and O–H groups in total. The van der Waals surface area contributed by atoms with Gasteiger partial charge in [-0.15, -0.1) is 0 Å². The van der Waals surface area contributed by atoms with Crippen LogP contribution < -0.4 is 4.90 Å². The number of hydrogen-bond acceptors (Lipinski definition) is 4. The molecule has 0 heterocycles. The van der Waals surface area contributed by atoms with Crippen LogP contribution in [0.25, 0.3) is 0 Å². The Kier molecular flexibility index (Phi) is 4.72. The van der Waals surface area contributed by atoms with Crippen LogP contribution >= 0.6 is 0 Å². The molecule has 0 spiro atoms. The van der Waals surface area contributed by atoms with Crippen molar-refractivity contribution in [2.24, 2.45) is 0 Å². The zero-order valence-corrected chi connectivity index (χ0v) is 15.7. The highest BCUT2D eigenvalue weighted by molar-refractivity contribution is 6.32. The van der Waals surface area contributed by atoms with E-state index >= 15 is 0 Å². The third-order valence-corrected chi connectivity index (χ3v) is 5.26. The van der Waals surface area contributed by atoms with Gasteiger partial charge in [-0.05, 0) is 31.4 Å². The standard InChI is InChI=1S/C22H25NO3/c1-5-23(6-2)19-13-15(14(3)4)11-12-18(19)22(26)20(24)16-9-7-8-10-17(16)21(22)25/h7-14,26H,5-6H2,1-4H3. The molecule has 2 aromatic carbocycles.